The van der Waals surface area contributed by atoms with Gasteiger partial charge in [0.25, 0.3) is 6.20 Å². The van der Waals surface area contributed by atoms with Gasteiger partial charge in [-0.1, -0.05) is 17.7 Å². The molecular weight excluding hydrogens is 210 g/mol. The van der Waals surface area contributed by atoms with Crippen LogP contribution < -0.4 is 15.1 Å². The molecule has 1 aromatic carbocycles. The minimum atomic E-state index is -1.44. The van der Waals surface area contributed by atoms with Crippen LogP contribution in [0.15, 0.2) is 35.0 Å². The van der Waals surface area contributed by atoms with E-state index in [1.807, 2.05) is 36.5 Å². The highest BCUT2D eigenvalue weighted by atomic mass is 16.5. The molecule has 1 amide bonds. The number of anilines is 1. The lowest BCUT2D eigenvalue weighted by Gasteiger charge is -1.96. The second-order valence-corrected chi connectivity index (χ2v) is 3.26. The summed E-state index contributed by atoms with van der Waals surface area (Å²) in [6.07, 6.45) is -0.0206. The second-order valence-electron chi connectivity index (χ2n) is 3.26. The van der Waals surface area contributed by atoms with Crippen molar-refractivity contribution in [1.82, 2.24) is 5.27 Å². The number of carboxylic acid groups (broad SMARTS) is 1. The molecule has 0 spiro atoms. The number of rotatable bonds is 2. The quantitative estimate of drug-likeness (QED) is 0.721. The van der Waals surface area contributed by atoms with Gasteiger partial charge in [-0.15, -0.1) is 0 Å². The number of carbonyl (C=O) groups excluding carboxylic acids is 1. The molecular formula is C10H9N3O3. The van der Waals surface area contributed by atoms with Crippen molar-refractivity contribution >= 4 is 12.0 Å². The van der Waals surface area contributed by atoms with E-state index in [9.17, 15) is 9.90 Å². The first-order valence-corrected chi connectivity index (χ1v) is 4.59. The number of nitrogens with one attached hydrogen (secondary N) is 1. The van der Waals surface area contributed by atoms with E-state index in [0.717, 1.165) is 11.3 Å². The van der Waals surface area contributed by atoms with E-state index >= 15 is 0 Å². The Morgan fingerprint density at radius 1 is 1.44 bits per heavy atom. The van der Waals surface area contributed by atoms with Gasteiger partial charge in [-0.2, -0.15) is 0 Å². The van der Waals surface area contributed by atoms with Crippen LogP contribution in [0.5, 0.6) is 0 Å². The first-order chi connectivity index (χ1) is 7.65. The molecule has 0 aliphatic heterocycles. The van der Waals surface area contributed by atoms with Crippen LogP contribution >= 0.6 is 0 Å². The number of hydrogen-bond donors (Lipinski definition) is 1. The minimum absolute atomic E-state index is 0.0144. The summed E-state index contributed by atoms with van der Waals surface area (Å²) in [6, 6.07) is 7.53. The van der Waals surface area contributed by atoms with Crippen LogP contribution in [0, 0.1) is 6.92 Å². The second kappa shape index (κ2) is 4.01. The van der Waals surface area contributed by atoms with Crippen LogP contribution in [-0.4, -0.2) is 11.4 Å². The fourth-order valence-electron chi connectivity index (χ4n) is 1.22. The fraction of sp³-hybridized carbons (Fsp3) is 0.100. The summed E-state index contributed by atoms with van der Waals surface area (Å²) in [5.74, 6) is 0.0144. The van der Waals surface area contributed by atoms with E-state index in [-0.39, 0.29) is 5.88 Å². The summed E-state index contributed by atoms with van der Waals surface area (Å²) < 4.78 is 6.16. The van der Waals surface area contributed by atoms with Crippen molar-refractivity contribution in [3.05, 3.63) is 36.0 Å². The number of amides is 1. The normalized spacial score (nSPS) is 10.1. The lowest BCUT2D eigenvalue weighted by atomic mass is 10.2. The molecule has 0 aliphatic rings. The van der Waals surface area contributed by atoms with E-state index in [4.69, 9.17) is 4.52 Å². The minimum Gasteiger partial charge on any atom is -0.530 e. The third-order valence-electron chi connectivity index (χ3n) is 1.99. The zero-order valence-electron chi connectivity index (χ0n) is 8.51. The molecule has 1 N–H and O–H groups in total. The van der Waals surface area contributed by atoms with Gasteiger partial charge in [-0.25, -0.2) is 0 Å². The molecule has 0 radical (unpaired) electrons. The van der Waals surface area contributed by atoms with Gasteiger partial charge in [-0.3, -0.25) is 4.52 Å². The van der Waals surface area contributed by atoms with Gasteiger partial charge in [0.15, 0.2) is 0 Å². The van der Waals surface area contributed by atoms with Gasteiger partial charge >= 0.3 is 5.88 Å². The summed E-state index contributed by atoms with van der Waals surface area (Å²) in [6.45, 7) is 1.97. The molecule has 1 heterocycles. The van der Waals surface area contributed by atoms with E-state index in [0.29, 0.717) is 0 Å². The molecule has 1 aromatic heterocycles. The number of aromatic nitrogens is 2. The van der Waals surface area contributed by atoms with Crippen LogP contribution in [0.2, 0.25) is 0 Å². The molecule has 6 heteroatoms. The Labute approximate surface area is 91.1 Å². The number of carbonyl (C=O) groups is 1. The van der Waals surface area contributed by atoms with Gasteiger partial charge < -0.3 is 15.2 Å². The Morgan fingerprint density at radius 2 is 2.12 bits per heavy atom. The molecule has 2 aromatic rings. The van der Waals surface area contributed by atoms with Gasteiger partial charge in [0, 0.05) is 12.1 Å². The lowest BCUT2D eigenvalue weighted by Crippen LogP contribution is -2.32. The highest BCUT2D eigenvalue weighted by Crippen LogP contribution is 2.05. The fourth-order valence-corrected chi connectivity index (χ4v) is 1.22. The van der Waals surface area contributed by atoms with E-state index in [1.54, 1.807) is 0 Å². The molecule has 0 saturated heterocycles. The van der Waals surface area contributed by atoms with Crippen LogP contribution in [0.1, 0.15) is 5.56 Å². The van der Waals surface area contributed by atoms with Crippen molar-refractivity contribution in [2.45, 2.75) is 6.92 Å². The molecule has 6 nitrogen and oxygen atoms in total. The van der Waals surface area contributed by atoms with Crippen LogP contribution in [-0.2, 0) is 0 Å². The van der Waals surface area contributed by atoms with Gasteiger partial charge in [0.05, 0.1) is 0 Å². The Hall–Kier alpha value is -2.37. The largest absolute Gasteiger partial charge is 0.530 e. The lowest BCUT2D eigenvalue weighted by molar-refractivity contribution is -0.670. The molecule has 82 valence electrons. The van der Waals surface area contributed by atoms with Crippen molar-refractivity contribution < 1.29 is 19.1 Å². The molecule has 2 rings (SSSR count). The molecule has 0 saturated carbocycles. The SMILES string of the molecule is Cc1ccc(-[n+]2cc(NC(=O)[O-])on2)cc1. The molecule has 0 fully saturated rings. The van der Waals surface area contributed by atoms with E-state index < -0.39 is 6.09 Å². The molecule has 0 unspecified atom stereocenters. The van der Waals surface area contributed by atoms with Crippen LogP contribution in [0.4, 0.5) is 10.7 Å². The maximum Gasteiger partial charge on any atom is 0.301 e. The highest BCUT2D eigenvalue weighted by molar-refractivity contribution is 5.78. The van der Waals surface area contributed by atoms with Gasteiger partial charge in [0.1, 0.15) is 6.09 Å². The number of nitrogens with zero attached hydrogens (tertiary/aromatic N) is 2. The van der Waals surface area contributed by atoms with Gasteiger partial charge in [-0.05, 0) is 11.6 Å². The maximum absolute atomic E-state index is 10.2. The third kappa shape index (κ3) is 2.17. The van der Waals surface area contributed by atoms with Crippen molar-refractivity contribution in [2.75, 3.05) is 5.32 Å². The van der Waals surface area contributed by atoms with Crippen molar-refractivity contribution in [1.29, 1.82) is 0 Å². The monoisotopic (exact) mass is 219 g/mol. The molecule has 16 heavy (non-hydrogen) atoms. The predicted octanol–water partition coefficient (Wildman–Crippen LogP) is 0.0149. The van der Waals surface area contributed by atoms with Crippen LogP contribution in [0.25, 0.3) is 5.69 Å². The highest BCUT2D eigenvalue weighted by Gasteiger charge is 2.13. The topological polar surface area (TPSA) is 82.1 Å². The first-order valence-electron chi connectivity index (χ1n) is 4.59. The Kier molecular flexibility index (Phi) is 2.55. The summed E-state index contributed by atoms with van der Waals surface area (Å²) in [4.78, 5) is 10.2. The summed E-state index contributed by atoms with van der Waals surface area (Å²) in [5, 5.41) is 15.9. The smallest absolute Gasteiger partial charge is 0.301 e. The molecule has 0 bridgehead atoms. The van der Waals surface area contributed by atoms with E-state index in [2.05, 4.69) is 5.27 Å². The first kappa shape index (κ1) is 10.2. The average molecular weight is 219 g/mol. The Bertz CT molecular complexity index is 504. The van der Waals surface area contributed by atoms with Crippen molar-refractivity contribution in [3.63, 3.8) is 0 Å². The van der Waals surface area contributed by atoms with Crippen molar-refractivity contribution in [2.24, 2.45) is 0 Å². The summed E-state index contributed by atoms with van der Waals surface area (Å²) in [7, 11) is 0. The van der Waals surface area contributed by atoms with Crippen LogP contribution in [0.3, 0.4) is 0 Å². The third-order valence-corrected chi connectivity index (χ3v) is 1.99. The van der Waals surface area contributed by atoms with E-state index in [1.165, 1.54) is 10.9 Å². The number of hydrogen-bond acceptors (Lipinski definition) is 4. The predicted molar refractivity (Wildman–Crippen MR) is 51.8 cm³/mol. The zero-order chi connectivity index (χ0) is 11.5. The molecule has 0 aliphatic carbocycles. The zero-order valence-corrected chi connectivity index (χ0v) is 8.51. The Balaban J connectivity index is 2.24. The van der Waals surface area contributed by atoms with Crippen molar-refractivity contribution in [3.8, 4) is 5.69 Å². The van der Waals surface area contributed by atoms with Gasteiger partial charge in [0.2, 0.25) is 11.0 Å². The number of aryl methyl sites for hydroxylation is 1. The standard InChI is InChI=1S/C10H9N3O3/c1-7-2-4-8(5-3-7)13-6-9(16-12-13)11-10(14)15/h2-6H,1H3,(H-,11,12,14,15). The maximum atomic E-state index is 10.2. The number of benzene rings is 1. The average Bonchev–Trinajstić information content (AvgIpc) is 2.66. The molecule has 0 atom stereocenters. The summed E-state index contributed by atoms with van der Waals surface area (Å²) in [5.41, 5.74) is 1.90. The Morgan fingerprint density at radius 3 is 2.75 bits per heavy atom. The summed E-state index contributed by atoms with van der Waals surface area (Å²) >= 11 is 0.